The molecule has 1 aliphatic carbocycles. The maximum Gasteiger partial charge on any atom is 0.225 e. The Morgan fingerprint density at radius 1 is 1.41 bits per heavy atom. The summed E-state index contributed by atoms with van der Waals surface area (Å²) in [5, 5.41) is 0. The molecule has 2 N–H and O–H groups in total. The molecule has 2 rings (SSSR count). The number of nitrogens with two attached hydrogens (primary N) is 1. The molecule has 0 spiro atoms. The van der Waals surface area contributed by atoms with E-state index in [1.165, 1.54) is 12.8 Å². The minimum Gasteiger partial charge on any atom is -0.339 e. The molecular formula is C14H26N2O. The first-order valence-corrected chi connectivity index (χ1v) is 7.02. The lowest BCUT2D eigenvalue weighted by Gasteiger charge is -2.33. The summed E-state index contributed by atoms with van der Waals surface area (Å²) in [6.45, 7) is 7.99. The monoisotopic (exact) mass is 238 g/mol. The second-order valence-electron chi connectivity index (χ2n) is 6.29. The molecule has 1 saturated heterocycles. The molecule has 17 heavy (non-hydrogen) atoms. The van der Waals surface area contributed by atoms with Crippen molar-refractivity contribution in [3.8, 4) is 0 Å². The first-order chi connectivity index (χ1) is 8.02. The zero-order valence-electron chi connectivity index (χ0n) is 11.4. The molecule has 3 atom stereocenters. The lowest BCUT2D eigenvalue weighted by molar-refractivity contribution is -0.137. The van der Waals surface area contributed by atoms with E-state index in [2.05, 4.69) is 25.7 Å². The van der Waals surface area contributed by atoms with Gasteiger partial charge in [0, 0.05) is 23.9 Å². The van der Waals surface area contributed by atoms with Crippen molar-refractivity contribution >= 4 is 5.91 Å². The van der Waals surface area contributed by atoms with Gasteiger partial charge in [-0.25, -0.2) is 0 Å². The highest BCUT2D eigenvalue weighted by Gasteiger charge is 2.51. The van der Waals surface area contributed by atoms with E-state index in [0.717, 1.165) is 25.9 Å². The Balaban J connectivity index is 2.11. The van der Waals surface area contributed by atoms with Gasteiger partial charge < -0.3 is 10.6 Å². The highest BCUT2D eigenvalue weighted by molar-refractivity contribution is 5.79. The molecule has 1 saturated carbocycles. The van der Waals surface area contributed by atoms with Crippen LogP contribution in [-0.4, -0.2) is 29.9 Å². The Labute approximate surface area is 105 Å². The largest absolute Gasteiger partial charge is 0.339 e. The van der Waals surface area contributed by atoms with Crippen LogP contribution in [0.25, 0.3) is 0 Å². The van der Waals surface area contributed by atoms with Crippen LogP contribution >= 0.6 is 0 Å². The molecule has 98 valence electrons. The van der Waals surface area contributed by atoms with Crippen LogP contribution < -0.4 is 5.73 Å². The summed E-state index contributed by atoms with van der Waals surface area (Å²) in [6.07, 6.45) is 4.73. The number of nitrogens with zero attached hydrogens (tertiary/aromatic N) is 1. The van der Waals surface area contributed by atoms with Crippen LogP contribution in [0.5, 0.6) is 0 Å². The molecule has 3 nitrogen and oxygen atoms in total. The Morgan fingerprint density at radius 3 is 2.71 bits per heavy atom. The Morgan fingerprint density at radius 2 is 2.12 bits per heavy atom. The Bertz CT molecular complexity index is 303. The maximum absolute atomic E-state index is 12.5. The molecule has 1 unspecified atom stereocenters. The molecule has 2 fully saturated rings. The highest BCUT2D eigenvalue weighted by atomic mass is 16.2. The van der Waals surface area contributed by atoms with Gasteiger partial charge in [0.15, 0.2) is 0 Å². The van der Waals surface area contributed by atoms with Crippen LogP contribution in [0, 0.1) is 17.3 Å². The van der Waals surface area contributed by atoms with E-state index < -0.39 is 0 Å². The molecule has 1 amide bonds. The number of carbonyl (C=O) groups excluding carboxylic acids is 1. The molecule has 3 heteroatoms. The van der Waals surface area contributed by atoms with E-state index in [-0.39, 0.29) is 11.3 Å². The normalized spacial score (nSPS) is 34.2. The average Bonchev–Trinajstić information content (AvgIpc) is 2.85. The third kappa shape index (κ3) is 1.99. The summed E-state index contributed by atoms with van der Waals surface area (Å²) in [5.41, 5.74) is 6.23. The van der Waals surface area contributed by atoms with Gasteiger partial charge in [-0.3, -0.25) is 4.79 Å². The molecule has 0 aromatic heterocycles. The topological polar surface area (TPSA) is 46.3 Å². The minimum absolute atomic E-state index is 0.143. The quantitative estimate of drug-likeness (QED) is 0.817. The zero-order valence-corrected chi connectivity index (χ0v) is 11.4. The van der Waals surface area contributed by atoms with Crippen molar-refractivity contribution in [1.29, 1.82) is 0 Å². The SMILES string of the molecule is CC(C)C(C)C(=O)N1CC[C@]2(CN)CCC[C@H]12. The van der Waals surface area contributed by atoms with Crippen LogP contribution in [0.2, 0.25) is 0 Å². The molecule has 0 aromatic carbocycles. The molecule has 0 radical (unpaired) electrons. The van der Waals surface area contributed by atoms with E-state index >= 15 is 0 Å². The van der Waals surface area contributed by atoms with Crippen molar-refractivity contribution < 1.29 is 4.79 Å². The number of hydrogen-bond acceptors (Lipinski definition) is 2. The second-order valence-corrected chi connectivity index (χ2v) is 6.29. The summed E-state index contributed by atoms with van der Waals surface area (Å²) >= 11 is 0. The number of carbonyl (C=O) groups is 1. The predicted molar refractivity (Wildman–Crippen MR) is 69.5 cm³/mol. The Hall–Kier alpha value is -0.570. The first-order valence-electron chi connectivity index (χ1n) is 7.02. The zero-order chi connectivity index (χ0) is 12.6. The molecule has 1 aliphatic heterocycles. The van der Waals surface area contributed by atoms with Crippen molar-refractivity contribution in [3.05, 3.63) is 0 Å². The van der Waals surface area contributed by atoms with Crippen molar-refractivity contribution in [2.24, 2.45) is 23.0 Å². The number of likely N-dealkylation sites (tertiary alicyclic amines) is 1. The van der Waals surface area contributed by atoms with E-state index in [0.29, 0.717) is 17.9 Å². The highest BCUT2D eigenvalue weighted by Crippen LogP contribution is 2.48. The number of hydrogen-bond donors (Lipinski definition) is 1. The molecule has 2 aliphatic rings. The number of fused-ring (bicyclic) bond motifs is 1. The fourth-order valence-corrected chi connectivity index (χ4v) is 3.55. The number of rotatable bonds is 3. The lowest BCUT2D eigenvalue weighted by atomic mass is 9.82. The summed E-state index contributed by atoms with van der Waals surface area (Å²) in [5.74, 6) is 0.920. The summed E-state index contributed by atoms with van der Waals surface area (Å²) < 4.78 is 0. The van der Waals surface area contributed by atoms with Crippen molar-refractivity contribution in [2.75, 3.05) is 13.1 Å². The van der Waals surface area contributed by atoms with Crippen LogP contribution in [-0.2, 0) is 4.79 Å². The van der Waals surface area contributed by atoms with Gasteiger partial charge in [0.05, 0.1) is 0 Å². The van der Waals surface area contributed by atoms with Gasteiger partial charge in [0.1, 0.15) is 0 Å². The average molecular weight is 238 g/mol. The van der Waals surface area contributed by atoms with Crippen LogP contribution in [0.15, 0.2) is 0 Å². The smallest absolute Gasteiger partial charge is 0.225 e. The van der Waals surface area contributed by atoms with Gasteiger partial charge in [-0.05, 0) is 31.7 Å². The van der Waals surface area contributed by atoms with E-state index in [1.54, 1.807) is 0 Å². The summed E-state index contributed by atoms with van der Waals surface area (Å²) in [4.78, 5) is 14.6. The fraction of sp³-hybridized carbons (Fsp3) is 0.929. The van der Waals surface area contributed by atoms with Crippen molar-refractivity contribution in [1.82, 2.24) is 4.90 Å². The standard InChI is InChI=1S/C14H26N2O/c1-10(2)11(3)13(17)16-8-7-14(9-15)6-4-5-12(14)16/h10-12H,4-9,15H2,1-3H3/t11?,12-,14-/m0/s1. The van der Waals surface area contributed by atoms with Crippen molar-refractivity contribution in [3.63, 3.8) is 0 Å². The molecule has 1 heterocycles. The van der Waals surface area contributed by atoms with E-state index in [4.69, 9.17) is 5.73 Å². The van der Waals surface area contributed by atoms with Gasteiger partial charge in [-0.2, -0.15) is 0 Å². The third-order valence-corrected chi connectivity index (χ3v) is 5.17. The van der Waals surface area contributed by atoms with Crippen LogP contribution in [0.4, 0.5) is 0 Å². The first kappa shape index (κ1) is 12.9. The number of amides is 1. The maximum atomic E-state index is 12.5. The van der Waals surface area contributed by atoms with E-state index in [9.17, 15) is 4.79 Å². The molecule has 0 bridgehead atoms. The molecular weight excluding hydrogens is 212 g/mol. The van der Waals surface area contributed by atoms with Gasteiger partial charge >= 0.3 is 0 Å². The van der Waals surface area contributed by atoms with Crippen LogP contribution in [0.1, 0.15) is 46.5 Å². The van der Waals surface area contributed by atoms with Gasteiger partial charge in [0.25, 0.3) is 0 Å². The second kappa shape index (κ2) is 4.60. The van der Waals surface area contributed by atoms with Gasteiger partial charge in [-0.15, -0.1) is 0 Å². The van der Waals surface area contributed by atoms with E-state index in [1.807, 2.05) is 0 Å². The lowest BCUT2D eigenvalue weighted by Crippen LogP contribution is -2.45. The Kier molecular flexibility index (Phi) is 3.48. The third-order valence-electron chi connectivity index (χ3n) is 5.17. The minimum atomic E-state index is 0.143. The van der Waals surface area contributed by atoms with Gasteiger partial charge in [0.2, 0.25) is 5.91 Å². The fourth-order valence-electron chi connectivity index (χ4n) is 3.55. The predicted octanol–water partition coefficient (Wildman–Crippen LogP) is 2.01. The summed E-state index contributed by atoms with van der Waals surface area (Å²) in [6, 6.07) is 0.432. The molecule has 0 aromatic rings. The summed E-state index contributed by atoms with van der Waals surface area (Å²) in [7, 11) is 0. The van der Waals surface area contributed by atoms with Crippen LogP contribution in [0.3, 0.4) is 0 Å². The van der Waals surface area contributed by atoms with Crippen molar-refractivity contribution in [2.45, 2.75) is 52.5 Å². The van der Waals surface area contributed by atoms with Gasteiger partial charge in [-0.1, -0.05) is 27.2 Å².